The summed E-state index contributed by atoms with van der Waals surface area (Å²) in [6.45, 7) is 0. The summed E-state index contributed by atoms with van der Waals surface area (Å²) in [7, 11) is 0. The molecule has 0 aliphatic carbocycles. The maximum Gasteiger partial charge on any atom is 0.123 e. The van der Waals surface area contributed by atoms with Gasteiger partial charge in [-0.05, 0) is 41.0 Å². The van der Waals surface area contributed by atoms with Crippen molar-refractivity contribution in [1.29, 1.82) is 0 Å². The molecule has 104 valence electrons. The third-order valence-corrected chi connectivity index (χ3v) is 3.88. The Morgan fingerprint density at radius 1 is 0.619 bits per heavy atom. The second-order valence-corrected chi connectivity index (χ2v) is 5.50. The van der Waals surface area contributed by atoms with Crippen LogP contribution in [0.4, 0.5) is 4.39 Å². The first-order valence-electron chi connectivity index (χ1n) is 6.45. The van der Waals surface area contributed by atoms with E-state index < -0.39 is 0 Å². The van der Waals surface area contributed by atoms with Crippen LogP contribution in [0.1, 0.15) is 0 Å². The maximum atomic E-state index is 13.0. The molecule has 0 nitrogen and oxygen atoms in total. The molecule has 0 saturated heterocycles. The van der Waals surface area contributed by atoms with E-state index in [1.807, 2.05) is 42.5 Å². The van der Waals surface area contributed by atoms with Gasteiger partial charge in [0, 0.05) is 5.56 Å². The van der Waals surface area contributed by atoms with E-state index in [1.165, 1.54) is 12.1 Å². The van der Waals surface area contributed by atoms with Gasteiger partial charge in [-0.15, -0.1) is 0 Å². The third kappa shape index (κ3) is 2.94. The van der Waals surface area contributed by atoms with Gasteiger partial charge < -0.3 is 0 Å². The van der Waals surface area contributed by atoms with Crippen molar-refractivity contribution in [3.8, 4) is 22.3 Å². The van der Waals surface area contributed by atoms with Gasteiger partial charge in [0.05, 0.1) is 10.0 Å². The van der Waals surface area contributed by atoms with E-state index in [-0.39, 0.29) is 5.82 Å². The van der Waals surface area contributed by atoms with Crippen molar-refractivity contribution >= 4 is 23.2 Å². The van der Waals surface area contributed by atoms with Crippen molar-refractivity contribution in [2.45, 2.75) is 0 Å². The molecule has 0 aromatic heterocycles. The molecule has 0 fully saturated rings. The molecule has 0 radical (unpaired) electrons. The minimum absolute atomic E-state index is 0.267. The summed E-state index contributed by atoms with van der Waals surface area (Å²) in [5.74, 6) is -0.267. The van der Waals surface area contributed by atoms with Gasteiger partial charge in [0.15, 0.2) is 0 Å². The normalized spacial score (nSPS) is 10.6. The zero-order valence-corrected chi connectivity index (χ0v) is 12.5. The fourth-order valence-electron chi connectivity index (χ4n) is 2.26. The number of hydrogen-bond acceptors (Lipinski definition) is 0. The summed E-state index contributed by atoms with van der Waals surface area (Å²) >= 11 is 12.8. The topological polar surface area (TPSA) is 0 Å². The van der Waals surface area contributed by atoms with Gasteiger partial charge in [-0.3, -0.25) is 0 Å². The predicted octanol–water partition coefficient (Wildman–Crippen LogP) is 6.47. The SMILES string of the molecule is Fc1ccc(-c2cc(Cl)c(-c3ccccc3)c(Cl)c2)cc1. The fraction of sp³-hybridized carbons (Fsp3) is 0. The molecule has 0 unspecified atom stereocenters. The number of halogens is 3. The van der Waals surface area contributed by atoms with Crippen LogP contribution in [0, 0.1) is 5.82 Å². The summed E-state index contributed by atoms with van der Waals surface area (Å²) in [6, 6.07) is 19.7. The molecule has 0 bridgehead atoms. The highest BCUT2D eigenvalue weighted by Gasteiger charge is 2.11. The highest BCUT2D eigenvalue weighted by molar-refractivity contribution is 6.39. The average molecular weight is 317 g/mol. The van der Waals surface area contributed by atoms with Gasteiger partial charge in [-0.1, -0.05) is 65.7 Å². The van der Waals surface area contributed by atoms with Crippen molar-refractivity contribution in [3.63, 3.8) is 0 Å². The van der Waals surface area contributed by atoms with E-state index in [4.69, 9.17) is 23.2 Å². The molecule has 0 atom stereocenters. The Labute approximate surface area is 132 Å². The molecule has 0 heterocycles. The van der Waals surface area contributed by atoms with Gasteiger partial charge in [-0.2, -0.15) is 0 Å². The molecular weight excluding hydrogens is 306 g/mol. The first kappa shape index (κ1) is 14.1. The molecule has 0 aliphatic heterocycles. The quantitative estimate of drug-likeness (QED) is 0.508. The monoisotopic (exact) mass is 316 g/mol. The fourth-order valence-corrected chi connectivity index (χ4v) is 2.97. The van der Waals surface area contributed by atoms with E-state index in [0.717, 1.165) is 22.3 Å². The Morgan fingerprint density at radius 2 is 1.19 bits per heavy atom. The number of rotatable bonds is 2. The van der Waals surface area contributed by atoms with E-state index in [0.29, 0.717) is 10.0 Å². The molecule has 0 aliphatic rings. The van der Waals surface area contributed by atoms with Gasteiger partial charge in [0.25, 0.3) is 0 Å². The lowest BCUT2D eigenvalue weighted by atomic mass is 10.00. The van der Waals surface area contributed by atoms with Crippen molar-refractivity contribution in [2.24, 2.45) is 0 Å². The van der Waals surface area contributed by atoms with Crippen LogP contribution in [-0.2, 0) is 0 Å². The van der Waals surface area contributed by atoms with Crippen LogP contribution in [0.2, 0.25) is 10.0 Å². The largest absolute Gasteiger partial charge is 0.207 e. The molecular formula is C18H11Cl2F. The molecule has 3 aromatic rings. The van der Waals surface area contributed by atoms with Gasteiger partial charge in [0.2, 0.25) is 0 Å². The zero-order chi connectivity index (χ0) is 14.8. The van der Waals surface area contributed by atoms with Crippen molar-refractivity contribution in [2.75, 3.05) is 0 Å². The van der Waals surface area contributed by atoms with Crippen LogP contribution in [-0.4, -0.2) is 0 Å². The van der Waals surface area contributed by atoms with Crippen LogP contribution in [0.5, 0.6) is 0 Å². The molecule has 3 aromatic carbocycles. The maximum absolute atomic E-state index is 13.0. The molecule has 21 heavy (non-hydrogen) atoms. The van der Waals surface area contributed by atoms with Crippen LogP contribution in [0.25, 0.3) is 22.3 Å². The van der Waals surface area contributed by atoms with Crippen LogP contribution in [0.3, 0.4) is 0 Å². The lowest BCUT2D eigenvalue weighted by Crippen LogP contribution is -1.85. The Hall–Kier alpha value is -1.83. The lowest BCUT2D eigenvalue weighted by Gasteiger charge is -2.10. The number of benzene rings is 3. The van der Waals surface area contributed by atoms with Crippen molar-refractivity contribution < 1.29 is 4.39 Å². The van der Waals surface area contributed by atoms with E-state index in [1.54, 1.807) is 12.1 Å². The highest BCUT2D eigenvalue weighted by atomic mass is 35.5. The summed E-state index contributed by atoms with van der Waals surface area (Å²) < 4.78 is 13.0. The molecule has 3 rings (SSSR count). The van der Waals surface area contributed by atoms with Crippen molar-refractivity contribution in [1.82, 2.24) is 0 Å². The zero-order valence-electron chi connectivity index (χ0n) is 11.0. The van der Waals surface area contributed by atoms with E-state index in [2.05, 4.69) is 0 Å². The summed E-state index contributed by atoms with van der Waals surface area (Å²) in [4.78, 5) is 0. The Bertz CT molecular complexity index is 742. The minimum atomic E-state index is -0.267. The highest BCUT2D eigenvalue weighted by Crippen LogP contribution is 2.38. The summed E-state index contributed by atoms with van der Waals surface area (Å²) in [5, 5.41) is 1.15. The molecule has 0 N–H and O–H groups in total. The minimum Gasteiger partial charge on any atom is -0.207 e. The Balaban J connectivity index is 2.10. The van der Waals surface area contributed by atoms with Crippen molar-refractivity contribution in [3.05, 3.63) is 82.6 Å². The third-order valence-electron chi connectivity index (χ3n) is 3.28. The summed E-state index contributed by atoms with van der Waals surface area (Å²) in [6.07, 6.45) is 0. The molecule has 0 saturated carbocycles. The average Bonchev–Trinajstić information content (AvgIpc) is 2.48. The first-order valence-corrected chi connectivity index (χ1v) is 7.21. The predicted molar refractivity (Wildman–Crippen MR) is 87.3 cm³/mol. The lowest BCUT2D eigenvalue weighted by molar-refractivity contribution is 0.628. The standard InChI is InChI=1S/C18H11Cl2F/c19-16-10-14(12-6-8-15(21)9-7-12)11-17(20)18(16)13-4-2-1-3-5-13/h1-11H. The van der Waals surface area contributed by atoms with Gasteiger partial charge in [-0.25, -0.2) is 4.39 Å². The van der Waals surface area contributed by atoms with E-state index >= 15 is 0 Å². The van der Waals surface area contributed by atoms with Gasteiger partial charge >= 0.3 is 0 Å². The second-order valence-electron chi connectivity index (χ2n) is 4.69. The number of hydrogen-bond donors (Lipinski definition) is 0. The van der Waals surface area contributed by atoms with Crippen LogP contribution >= 0.6 is 23.2 Å². The van der Waals surface area contributed by atoms with Crippen LogP contribution in [0.15, 0.2) is 66.7 Å². The molecule has 0 spiro atoms. The smallest absolute Gasteiger partial charge is 0.123 e. The van der Waals surface area contributed by atoms with Crippen LogP contribution < -0.4 is 0 Å². The van der Waals surface area contributed by atoms with E-state index in [9.17, 15) is 4.39 Å². The second kappa shape index (κ2) is 5.88. The first-order chi connectivity index (χ1) is 10.1. The Morgan fingerprint density at radius 3 is 1.76 bits per heavy atom. The molecule has 0 amide bonds. The molecule has 3 heteroatoms. The van der Waals surface area contributed by atoms with Gasteiger partial charge in [0.1, 0.15) is 5.82 Å². The summed E-state index contributed by atoms with van der Waals surface area (Å²) in [5.41, 5.74) is 3.52. The Kier molecular flexibility index (Phi) is 3.96.